The maximum absolute atomic E-state index is 11.0. The van der Waals surface area contributed by atoms with Gasteiger partial charge in [0.2, 0.25) is 0 Å². The average molecular weight is 251 g/mol. The predicted octanol–water partition coefficient (Wildman–Crippen LogP) is 1.41. The molecule has 1 rings (SSSR count). The number of anilines is 1. The van der Waals surface area contributed by atoms with Crippen LogP contribution in [0.25, 0.3) is 0 Å². The summed E-state index contributed by atoms with van der Waals surface area (Å²) in [6.45, 7) is 1.58. The summed E-state index contributed by atoms with van der Waals surface area (Å²) in [4.78, 5) is 25.1. The summed E-state index contributed by atoms with van der Waals surface area (Å²) in [7, 11) is 5.78. The third-order valence-electron chi connectivity index (χ3n) is 2.64. The Bertz CT molecular complexity index is 446. The maximum Gasteiger partial charge on any atom is 0.270 e. The first kappa shape index (κ1) is 14.1. The summed E-state index contributed by atoms with van der Waals surface area (Å²) in [5, 5.41) is 10.6. The molecule has 0 saturated heterocycles. The van der Waals surface area contributed by atoms with Crippen LogP contribution in [-0.4, -0.2) is 50.3 Å². The van der Waals surface area contributed by atoms with E-state index in [1.165, 1.54) is 12.1 Å². The molecule has 18 heavy (non-hydrogen) atoms. The van der Waals surface area contributed by atoms with E-state index in [9.17, 15) is 14.9 Å². The van der Waals surface area contributed by atoms with Gasteiger partial charge in [-0.2, -0.15) is 0 Å². The Labute approximate surface area is 106 Å². The normalized spacial score (nSPS) is 10.4. The molecule has 6 heteroatoms. The molecule has 0 aromatic heterocycles. The van der Waals surface area contributed by atoms with E-state index >= 15 is 0 Å². The Kier molecular flexibility index (Phi) is 4.79. The van der Waals surface area contributed by atoms with Gasteiger partial charge in [-0.15, -0.1) is 0 Å². The first-order valence-corrected chi connectivity index (χ1v) is 5.55. The minimum absolute atomic E-state index is 0.0677. The monoisotopic (exact) mass is 251 g/mol. The quantitative estimate of drug-likeness (QED) is 0.434. The van der Waals surface area contributed by atoms with Crippen molar-refractivity contribution in [1.29, 1.82) is 0 Å². The predicted molar refractivity (Wildman–Crippen MR) is 70.3 cm³/mol. The van der Waals surface area contributed by atoms with Crippen molar-refractivity contribution in [3.63, 3.8) is 0 Å². The van der Waals surface area contributed by atoms with Gasteiger partial charge in [0, 0.05) is 43.5 Å². The van der Waals surface area contributed by atoms with E-state index in [0.29, 0.717) is 17.5 Å². The number of likely N-dealkylation sites (N-methyl/N-ethyl adjacent to an activating group) is 2. The van der Waals surface area contributed by atoms with E-state index in [0.717, 1.165) is 13.1 Å². The van der Waals surface area contributed by atoms with Crippen molar-refractivity contribution < 1.29 is 9.72 Å². The molecule has 98 valence electrons. The Morgan fingerprint density at radius 3 is 2.44 bits per heavy atom. The van der Waals surface area contributed by atoms with Gasteiger partial charge >= 0.3 is 0 Å². The molecular weight excluding hydrogens is 234 g/mol. The van der Waals surface area contributed by atoms with Gasteiger partial charge in [-0.05, 0) is 20.2 Å². The van der Waals surface area contributed by atoms with Crippen LogP contribution < -0.4 is 4.90 Å². The van der Waals surface area contributed by atoms with Gasteiger partial charge in [-0.1, -0.05) is 0 Å². The molecule has 1 aromatic carbocycles. The lowest BCUT2D eigenvalue weighted by Gasteiger charge is -2.22. The summed E-state index contributed by atoms with van der Waals surface area (Å²) in [5.41, 5.74) is 0.977. The zero-order valence-electron chi connectivity index (χ0n) is 10.8. The summed E-state index contributed by atoms with van der Waals surface area (Å²) in [5.74, 6) is 0. The summed E-state index contributed by atoms with van der Waals surface area (Å²) >= 11 is 0. The highest BCUT2D eigenvalue weighted by Gasteiger charge is 2.13. The van der Waals surface area contributed by atoms with Gasteiger partial charge in [0.25, 0.3) is 5.69 Å². The van der Waals surface area contributed by atoms with Gasteiger partial charge < -0.3 is 9.80 Å². The van der Waals surface area contributed by atoms with Crippen molar-refractivity contribution in [2.24, 2.45) is 0 Å². The molecule has 0 heterocycles. The van der Waals surface area contributed by atoms with E-state index in [4.69, 9.17) is 0 Å². The number of carbonyl (C=O) groups is 1. The molecule has 6 nitrogen and oxygen atoms in total. The Balaban J connectivity index is 2.94. The molecule has 0 amide bonds. The number of benzene rings is 1. The Morgan fingerprint density at radius 2 is 1.94 bits per heavy atom. The largest absolute Gasteiger partial charge is 0.373 e. The number of hydrogen-bond donors (Lipinski definition) is 0. The molecule has 0 aliphatic heterocycles. The lowest BCUT2D eigenvalue weighted by Crippen LogP contribution is -2.29. The zero-order chi connectivity index (χ0) is 13.7. The lowest BCUT2D eigenvalue weighted by molar-refractivity contribution is -0.384. The summed E-state index contributed by atoms with van der Waals surface area (Å²) in [6.07, 6.45) is 0.647. The van der Waals surface area contributed by atoms with Gasteiger partial charge in [-0.25, -0.2) is 0 Å². The standard InChI is InChI=1S/C12H17N3O3/c1-13(2)6-7-14(3)12-5-4-11(15(17)18)8-10(12)9-16/h4-5,8-9H,6-7H2,1-3H3. The second-order valence-corrected chi connectivity index (χ2v) is 4.34. The average Bonchev–Trinajstić information content (AvgIpc) is 2.34. The molecule has 0 fully saturated rings. The molecule has 0 bridgehead atoms. The number of rotatable bonds is 6. The van der Waals surface area contributed by atoms with Crippen LogP contribution >= 0.6 is 0 Å². The van der Waals surface area contributed by atoms with Crippen LogP contribution in [0, 0.1) is 10.1 Å². The molecular formula is C12H17N3O3. The van der Waals surface area contributed by atoms with E-state index in [1.807, 2.05) is 30.9 Å². The van der Waals surface area contributed by atoms with E-state index in [-0.39, 0.29) is 5.69 Å². The molecule has 0 aliphatic rings. The second-order valence-electron chi connectivity index (χ2n) is 4.34. The fourth-order valence-corrected chi connectivity index (χ4v) is 1.57. The molecule has 0 spiro atoms. The summed E-state index contributed by atoms with van der Waals surface area (Å²) in [6, 6.07) is 4.32. The van der Waals surface area contributed by atoms with Gasteiger partial charge in [0.15, 0.2) is 6.29 Å². The van der Waals surface area contributed by atoms with Crippen LogP contribution in [0.15, 0.2) is 18.2 Å². The van der Waals surface area contributed by atoms with Crippen molar-refractivity contribution in [1.82, 2.24) is 4.90 Å². The smallest absolute Gasteiger partial charge is 0.270 e. The molecule has 0 saturated carbocycles. The SMILES string of the molecule is CN(C)CCN(C)c1ccc([N+](=O)[O-])cc1C=O. The highest BCUT2D eigenvalue weighted by Crippen LogP contribution is 2.23. The van der Waals surface area contributed by atoms with Crippen molar-refractivity contribution in [2.75, 3.05) is 39.1 Å². The highest BCUT2D eigenvalue weighted by atomic mass is 16.6. The van der Waals surface area contributed by atoms with Crippen LogP contribution in [0.5, 0.6) is 0 Å². The molecule has 0 aliphatic carbocycles. The first-order chi connectivity index (χ1) is 8.45. The van der Waals surface area contributed by atoms with Crippen molar-refractivity contribution in [2.45, 2.75) is 0 Å². The maximum atomic E-state index is 11.0. The number of nitrogens with zero attached hydrogens (tertiary/aromatic N) is 3. The van der Waals surface area contributed by atoms with Gasteiger partial charge in [0.05, 0.1) is 4.92 Å². The number of nitro groups is 1. The Morgan fingerprint density at radius 1 is 1.28 bits per heavy atom. The third-order valence-corrected chi connectivity index (χ3v) is 2.64. The fraction of sp³-hybridized carbons (Fsp3) is 0.417. The topological polar surface area (TPSA) is 66.7 Å². The van der Waals surface area contributed by atoms with Gasteiger partial charge in [-0.3, -0.25) is 14.9 Å². The van der Waals surface area contributed by atoms with E-state index < -0.39 is 4.92 Å². The van der Waals surface area contributed by atoms with E-state index in [2.05, 4.69) is 0 Å². The zero-order valence-corrected chi connectivity index (χ0v) is 10.8. The van der Waals surface area contributed by atoms with Crippen LogP contribution in [-0.2, 0) is 0 Å². The molecule has 0 radical (unpaired) electrons. The van der Waals surface area contributed by atoms with Crippen molar-refractivity contribution in [3.8, 4) is 0 Å². The number of non-ortho nitro benzene ring substituents is 1. The van der Waals surface area contributed by atoms with Gasteiger partial charge in [0.1, 0.15) is 0 Å². The number of hydrogen-bond acceptors (Lipinski definition) is 5. The van der Waals surface area contributed by atoms with Crippen LogP contribution in [0.2, 0.25) is 0 Å². The fourth-order valence-electron chi connectivity index (χ4n) is 1.57. The van der Waals surface area contributed by atoms with Crippen LogP contribution in [0.3, 0.4) is 0 Å². The van der Waals surface area contributed by atoms with Crippen molar-refractivity contribution in [3.05, 3.63) is 33.9 Å². The number of aldehydes is 1. The van der Waals surface area contributed by atoms with Crippen LogP contribution in [0.4, 0.5) is 11.4 Å². The third kappa shape index (κ3) is 3.53. The number of nitro benzene ring substituents is 1. The molecule has 0 unspecified atom stereocenters. The molecule has 0 atom stereocenters. The summed E-state index contributed by atoms with van der Waals surface area (Å²) < 4.78 is 0. The molecule has 0 N–H and O–H groups in total. The highest BCUT2D eigenvalue weighted by molar-refractivity contribution is 5.85. The Hall–Kier alpha value is -1.95. The molecule has 1 aromatic rings. The van der Waals surface area contributed by atoms with Crippen LogP contribution in [0.1, 0.15) is 10.4 Å². The lowest BCUT2D eigenvalue weighted by atomic mass is 10.1. The second kappa shape index (κ2) is 6.11. The van der Waals surface area contributed by atoms with Crippen molar-refractivity contribution >= 4 is 17.7 Å². The minimum atomic E-state index is -0.503. The first-order valence-electron chi connectivity index (χ1n) is 5.55. The minimum Gasteiger partial charge on any atom is -0.373 e. The number of carbonyl (C=O) groups excluding carboxylic acids is 1. The van der Waals surface area contributed by atoms with E-state index in [1.54, 1.807) is 6.07 Å².